The second kappa shape index (κ2) is 5.27. The molecule has 3 nitrogen and oxygen atoms in total. The van der Waals surface area contributed by atoms with Gasteiger partial charge in [0, 0.05) is 24.4 Å². The molecule has 0 aromatic carbocycles. The summed E-state index contributed by atoms with van der Waals surface area (Å²) >= 11 is 0. The third-order valence-electron chi connectivity index (χ3n) is 2.34. The van der Waals surface area contributed by atoms with E-state index in [1.807, 2.05) is 0 Å². The van der Waals surface area contributed by atoms with Crippen LogP contribution in [0.25, 0.3) is 0 Å². The number of nitrogens with zero attached hydrogens (tertiary/aromatic N) is 1. The number of hydrogen-bond donors (Lipinski definition) is 2. The monoisotopic (exact) mass is 233 g/mol. The molecule has 1 aromatic rings. The lowest BCUT2D eigenvalue weighted by Gasteiger charge is -2.18. The van der Waals surface area contributed by atoms with E-state index in [0.717, 1.165) is 0 Å². The number of aryl methyl sites for hydroxylation is 1. The molecule has 0 bridgehead atoms. The smallest absolute Gasteiger partial charge is 0.271 e. The Kier molecular flexibility index (Phi) is 4.26. The Balaban J connectivity index is 2.72. The summed E-state index contributed by atoms with van der Waals surface area (Å²) in [5.74, 6) is 5.26. The van der Waals surface area contributed by atoms with Crippen LogP contribution in [0.15, 0.2) is 18.3 Å². The molecule has 0 amide bonds. The Bertz CT molecular complexity index is 338. The van der Waals surface area contributed by atoms with Crippen molar-refractivity contribution in [3.05, 3.63) is 29.6 Å². The molecular formula is C10H14F3N3. The van der Waals surface area contributed by atoms with Gasteiger partial charge in [-0.1, -0.05) is 6.07 Å². The van der Waals surface area contributed by atoms with Gasteiger partial charge in [-0.3, -0.25) is 16.3 Å². The number of hydrazine groups is 1. The van der Waals surface area contributed by atoms with Gasteiger partial charge in [0.1, 0.15) is 0 Å². The van der Waals surface area contributed by atoms with Gasteiger partial charge >= 0.3 is 6.18 Å². The van der Waals surface area contributed by atoms with Crippen molar-refractivity contribution >= 4 is 0 Å². The summed E-state index contributed by atoms with van der Waals surface area (Å²) in [5.41, 5.74) is 3.78. The highest BCUT2D eigenvalue weighted by atomic mass is 19.4. The molecule has 0 radical (unpaired) electrons. The number of nitrogens with two attached hydrogens (primary N) is 1. The topological polar surface area (TPSA) is 50.9 Å². The number of nitrogens with one attached hydrogen (secondary N) is 1. The van der Waals surface area contributed by atoms with Gasteiger partial charge in [-0.15, -0.1) is 0 Å². The third kappa shape index (κ3) is 3.79. The number of alkyl halides is 3. The van der Waals surface area contributed by atoms with E-state index in [4.69, 9.17) is 5.84 Å². The number of hydrogen-bond acceptors (Lipinski definition) is 3. The lowest BCUT2D eigenvalue weighted by molar-refractivity contribution is -0.136. The zero-order valence-corrected chi connectivity index (χ0v) is 8.88. The van der Waals surface area contributed by atoms with Crippen LogP contribution in [0.5, 0.6) is 0 Å². The molecule has 0 aliphatic carbocycles. The summed E-state index contributed by atoms with van der Waals surface area (Å²) in [5, 5.41) is 0. The maximum atomic E-state index is 12.1. The van der Waals surface area contributed by atoms with Crippen molar-refractivity contribution in [3.8, 4) is 0 Å². The van der Waals surface area contributed by atoms with Crippen molar-refractivity contribution in [2.75, 3.05) is 0 Å². The first-order valence-corrected chi connectivity index (χ1v) is 4.88. The van der Waals surface area contributed by atoms with Gasteiger partial charge in [0.25, 0.3) is 0 Å². The van der Waals surface area contributed by atoms with E-state index in [0.29, 0.717) is 11.3 Å². The van der Waals surface area contributed by atoms with Crippen LogP contribution in [0.3, 0.4) is 0 Å². The highest BCUT2D eigenvalue weighted by Crippen LogP contribution is 2.27. The summed E-state index contributed by atoms with van der Waals surface area (Å²) in [6, 6.07) is 2.89. The normalized spacial score (nSPS) is 13.8. The van der Waals surface area contributed by atoms with Crippen molar-refractivity contribution in [2.24, 2.45) is 5.84 Å². The van der Waals surface area contributed by atoms with Gasteiger partial charge < -0.3 is 0 Å². The van der Waals surface area contributed by atoms with Gasteiger partial charge in [0.15, 0.2) is 0 Å². The Labute approximate surface area is 91.8 Å². The Hall–Kier alpha value is -1.14. The molecule has 90 valence electrons. The molecule has 3 N–H and O–H groups in total. The molecule has 0 saturated heterocycles. The fourth-order valence-electron chi connectivity index (χ4n) is 1.50. The predicted molar refractivity (Wildman–Crippen MR) is 54.3 cm³/mol. The molecule has 0 fully saturated rings. The summed E-state index contributed by atoms with van der Waals surface area (Å²) in [6.07, 6.45) is -3.52. The van der Waals surface area contributed by atoms with E-state index >= 15 is 0 Å². The van der Waals surface area contributed by atoms with Gasteiger partial charge in [-0.25, -0.2) is 0 Å². The van der Waals surface area contributed by atoms with Crippen LogP contribution in [0.2, 0.25) is 0 Å². The van der Waals surface area contributed by atoms with E-state index in [-0.39, 0.29) is 6.42 Å². The molecule has 16 heavy (non-hydrogen) atoms. The number of pyridine rings is 1. The second-order valence-electron chi connectivity index (χ2n) is 3.55. The van der Waals surface area contributed by atoms with E-state index in [9.17, 15) is 13.2 Å². The molecule has 0 aliphatic rings. The fourth-order valence-corrected chi connectivity index (χ4v) is 1.50. The molecule has 6 heteroatoms. The summed E-state index contributed by atoms with van der Waals surface area (Å²) in [4.78, 5) is 4.02. The van der Waals surface area contributed by atoms with E-state index in [1.165, 1.54) is 0 Å². The number of halogens is 3. The van der Waals surface area contributed by atoms with Crippen molar-refractivity contribution < 1.29 is 13.2 Å². The van der Waals surface area contributed by atoms with Gasteiger partial charge in [0.2, 0.25) is 0 Å². The van der Waals surface area contributed by atoms with Crippen LogP contribution in [0.4, 0.5) is 13.2 Å². The largest absolute Gasteiger partial charge is 0.389 e. The van der Waals surface area contributed by atoms with E-state index in [2.05, 4.69) is 10.4 Å². The maximum Gasteiger partial charge on any atom is 0.389 e. The first kappa shape index (κ1) is 12.9. The molecule has 1 unspecified atom stereocenters. The SMILES string of the molecule is Cc1ncccc1C(CCC(F)(F)F)NN. The highest BCUT2D eigenvalue weighted by Gasteiger charge is 2.28. The second-order valence-corrected chi connectivity index (χ2v) is 3.55. The van der Waals surface area contributed by atoms with Crippen molar-refractivity contribution in [3.63, 3.8) is 0 Å². The first-order valence-electron chi connectivity index (χ1n) is 4.88. The zero-order valence-electron chi connectivity index (χ0n) is 8.88. The van der Waals surface area contributed by atoms with Gasteiger partial charge in [-0.2, -0.15) is 13.2 Å². The number of aromatic nitrogens is 1. The molecule has 0 spiro atoms. The average Bonchev–Trinajstić information content (AvgIpc) is 2.20. The zero-order chi connectivity index (χ0) is 12.2. The van der Waals surface area contributed by atoms with Crippen LogP contribution in [-0.2, 0) is 0 Å². The van der Waals surface area contributed by atoms with Crippen LogP contribution in [0.1, 0.15) is 30.1 Å². The molecule has 1 aromatic heterocycles. The van der Waals surface area contributed by atoms with Crippen LogP contribution < -0.4 is 11.3 Å². The maximum absolute atomic E-state index is 12.1. The van der Waals surface area contributed by atoms with Crippen molar-refractivity contribution in [1.29, 1.82) is 0 Å². The fraction of sp³-hybridized carbons (Fsp3) is 0.500. The van der Waals surface area contributed by atoms with Gasteiger partial charge in [-0.05, 0) is 25.0 Å². The molecular weight excluding hydrogens is 219 g/mol. The predicted octanol–water partition coefficient (Wildman–Crippen LogP) is 2.24. The third-order valence-corrected chi connectivity index (χ3v) is 2.34. The van der Waals surface area contributed by atoms with Crippen LogP contribution >= 0.6 is 0 Å². The Morgan fingerprint density at radius 3 is 2.69 bits per heavy atom. The minimum atomic E-state index is -4.16. The van der Waals surface area contributed by atoms with Crippen molar-refractivity contribution in [2.45, 2.75) is 32.0 Å². The number of rotatable bonds is 4. The molecule has 1 atom stereocenters. The molecule has 1 rings (SSSR count). The van der Waals surface area contributed by atoms with Crippen molar-refractivity contribution in [1.82, 2.24) is 10.4 Å². The summed E-state index contributed by atoms with van der Waals surface area (Å²) < 4.78 is 36.3. The molecule has 1 heterocycles. The molecule has 0 saturated carbocycles. The minimum Gasteiger partial charge on any atom is -0.271 e. The Morgan fingerprint density at radius 1 is 1.50 bits per heavy atom. The lowest BCUT2D eigenvalue weighted by Crippen LogP contribution is -2.29. The van der Waals surface area contributed by atoms with E-state index < -0.39 is 18.6 Å². The minimum absolute atomic E-state index is 0.0907. The van der Waals surface area contributed by atoms with Gasteiger partial charge in [0.05, 0.1) is 0 Å². The van der Waals surface area contributed by atoms with Crippen LogP contribution in [0, 0.1) is 6.92 Å². The standard InChI is InChI=1S/C10H14F3N3/c1-7-8(3-2-6-15-7)9(16-14)4-5-10(11,12)13/h2-3,6,9,16H,4-5,14H2,1H3. The molecule has 0 aliphatic heterocycles. The summed E-state index contributed by atoms with van der Waals surface area (Å²) in [7, 11) is 0. The lowest BCUT2D eigenvalue weighted by atomic mass is 10.0. The first-order chi connectivity index (χ1) is 7.44. The van der Waals surface area contributed by atoms with E-state index in [1.54, 1.807) is 25.3 Å². The van der Waals surface area contributed by atoms with Crippen LogP contribution in [-0.4, -0.2) is 11.2 Å². The quantitative estimate of drug-likeness (QED) is 0.619. The Morgan fingerprint density at radius 2 is 2.19 bits per heavy atom. The average molecular weight is 233 g/mol. The highest BCUT2D eigenvalue weighted by molar-refractivity contribution is 5.22. The summed E-state index contributed by atoms with van der Waals surface area (Å²) in [6.45, 7) is 1.74.